The molecule has 2 aromatic rings. The van der Waals surface area contributed by atoms with E-state index in [1.165, 1.54) is 0 Å². The molecule has 2 heterocycles. The molecule has 1 amide bonds. The van der Waals surface area contributed by atoms with E-state index in [2.05, 4.69) is 15.7 Å². The van der Waals surface area contributed by atoms with E-state index < -0.39 is 0 Å². The molecule has 1 atom stereocenters. The van der Waals surface area contributed by atoms with Crippen LogP contribution >= 0.6 is 11.6 Å². The highest BCUT2D eigenvalue weighted by Gasteiger charge is 2.23. The molecular weight excluding hydrogens is 288 g/mol. The summed E-state index contributed by atoms with van der Waals surface area (Å²) < 4.78 is 1.77. The van der Waals surface area contributed by atoms with Gasteiger partial charge < -0.3 is 10.6 Å². The summed E-state index contributed by atoms with van der Waals surface area (Å²) in [6, 6.07) is 7.36. The third-order valence-corrected chi connectivity index (χ3v) is 3.93. The average molecular weight is 305 g/mol. The number of halogens is 1. The van der Waals surface area contributed by atoms with Crippen molar-refractivity contribution >= 4 is 23.2 Å². The summed E-state index contributed by atoms with van der Waals surface area (Å²) in [6.07, 6.45) is 3.59. The van der Waals surface area contributed by atoms with E-state index in [4.69, 9.17) is 11.6 Å². The van der Waals surface area contributed by atoms with Gasteiger partial charge >= 0.3 is 0 Å². The summed E-state index contributed by atoms with van der Waals surface area (Å²) in [5.74, 6) is 0.00115. The zero-order valence-electron chi connectivity index (χ0n) is 11.8. The minimum absolute atomic E-state index is 0.00115. The Morgan fingerprint density at radius 2 is 2.38 bits per heavy atom. The summed E-state index contributed by atoms with van der Waals surface area (Å²) in [5, 5.41) is 11.1. The second-order valence-electron chi connectivity index (χ2n) is 5.17. The van der Waals surface area contributed by atoms with Gasteiger partial charge in [-0.3, -0.25) is 4.79 Å². The molecule has 1 aliphatic heterocycles. The van der Waals surface area contributed by atoms with Crippen LogP contribution in [0.5, 0.6) is 0 Å². The highest BCUT2D eigenvalue weighted by Crippen LogP contribution is 2.21. The van der Waals surface area contributed by atoms with Crippen molar-refractivity contribution in [1.82, 2.24) is 15.1 Å². The van der Waals surface area contributed by atoms with Crippen LogP contribution in [0, 0.1) is 6.92 Å². The van der Waals surface area contributed by atoms with E-state index in [9.17, 15) is 4.79 Å². The summed E-state index contributed by atoms with van der Waals surface area (Å²) in [4.78, 5) is 12.1. The maximum absolute atomic E-state index is 12.1. The number of anilines is 1. The molecule has 2 N–H and O–H groups in total. The zero-order valence-corrected chi connectivity index (χ0v) is 12.5. The third-order valence-electron chi connectivity index (χ3n) is 3.70. The Bertz CT molecular complexity index is 661. The first-order valence-corrected chi connectivity index (χ1v) is 7.38. The lowest BCUT2D eigenvalue weighted by Gasteiger charge is -2.11. The molecule has 6 heteroatoms. The van der Waals surface area contributed by atoms with Crippen molar-refractivity contribution in [1.29, 1.82) is 0 Å². The van der Waals surface area contributed by atoms with Crippen molar-refractivity contribution in [3.05, 3.63) is 41.2 Å². The van der Waals surface area contributed by atoms with Gasteiger partial charge in [-0.1, -0.05) is 17.7 Å². The van der Waals surface area contributed by atoms with E-state index in [0.29, 0.717) is 5.02 Å². The summed E-state index contributed by atoms with van der Waals surface area (Å²) in [6.45, 7) is 2.82. The van der Waals surface area contributed by atoms with Gasteiger partial charge in [-0.2, -0.15) is 5.10 Å². The average Bonchev–Trinajstić information content (AvgIpc) is 3.10. The normalized spacial score (nSPS) is 17.9. The molecule has 3 rings (SSSR count). The number of carbonyl (C=O) groups is 1. The van der Waals surface area contributed by atoms with Gasteiger partial charge in [0.2, 0.25) is 5.91 Å². The minimum atomic E-state index is -0.0982. The molecule has 110 valence electrons. The molecule has 0 saturated carbocycles. The molecule has 0 spiro atoms. The molecule has 1 aromatic carbocycles. The van der Waals surface area contributed by atoms with E-state index in [1.54, 1.807) is 10.9 Å². The van der Waals surface area contributed by atoms with Gasteiger partial charge in [0.15, 0.2) is 0 Å². The number of nitrogens with zero attached hydrogens (tertiary/aromatic N) is 2. The number of rotatable bonds is 3. The topological polar surface area (TPSA) is 59.0 Å². The molecule has 5 nitrogen and oxygen atoms in total. The Balaban J connectivity index is 1.80. The van der Waals surface area contributed by atoms with Gasteiger partial charge in [0.25, 0.3) is 0 Å². The maximum atomic E-state index is 12.1. The fourth-order valence-electron chi connectivity index (χ4n) is 2.53. The van der Waals surface area contributed by atoms with Crippen molar-refractivity contribution in [2.45, 2.75) is 25.8 Å². The fourth-order valence-corrected chi connectivity index (χ4v) is 2.71. The second kappa shape index (κ2) is 5.87. The molecule has 0 bridgehead atoms. The van der Waals surface area contributed by atoms with Crippen LogP contribution in [0.15, 0.2) is 30.5 Å². The van der Waals surface area contributed by atoms with Crippen LogP contribution in [-0.4, -0.2) is 28.3 Å². The van der Waals surface area contributed by atoms with Gasteiger partial charge in [-0.15, -0.1) is 0 Å². The molecule has 21 heavy (non-hydrogen) atoms. The number of nitrogens with one attached hydrogen (secondary N) is 2. The lowest BCUT2D eigenvalue weighted by Crippen LogP contribution is -2.35. The smallest absolute Gasteiger partial charge is 0.241 e. The maximum Gasteiger partial charge on any atom is 0.241 e. The Hall–Kier alpha value is -1.85. The van der Waals surface area contributed by atoms with Gasteiger partial charge in [0.05, 0.1) is 29.3 Å². The first kappa shape index (κ1) is 14.1. The molecule has 1 aliphatic rings. The third kappa shape index (κ3) is 2.94. The van der Waals surface area contributed by atoms with Crippen molar-refractivity contribution in [2.75, 3.05) is 11.9 Å². The predicted octanol–water partition coefficient (Wildman–Crippen LogP) is 2.52. The van der Waals surface area contributed by atoms with E-state index in [1.807, 2.05) is 31.2 Å². The Kier molecular flexibility index (Phi) is 3.94. The molecule has 1 fully saturated rings. The minimum Gasteiger partial charge on any atom is -0.322 e. The molecule has 0 aliphatic carbocycles. The first-order chi connectivity index (χ1) is 10.1. The standard InChI is InChI=1S/C15H17ClN4O/c1-10-14(19-15(21)13-6-3-7-17-13)9-18-20(10)12-5-2-4-11(16)8-12/h2,4-5,8-9,13,17H,3,6-7H2,1H3,(H,19,21). The molecule has 1 saturated heterocycles. The van der Waals surface area contributed by atoms with Gasteiger partial charge in [0.1, 0.15) is 0 Å². The number of benzene rings is 1. The van der Waals surface area contributed by atoms with Crippen molar-refractivity contribution in [3.63, 3.8) is 0 Å². The first-order valence-electron chi connectivity index (χ1n) is 7.00. The number of amides is 1. The van der Waals surface area contributed by atoms with Crippen LogP contribution in [0.2, 0.25) is 5.02 Å². The van der Waals surface area contributed by atoms with Crippen LogP contribution in [0.3, 0.4) is 0 Å². The number of hydrogen-bond acceptors (Lipinski definition) is 3. The lowest BCUT2D eigenvalue weighted by atomic mass is 10.2. The highest BCUT2D eigenvalue weighted by atomic mass is 35.5. The van der Waals surface area contributed by atoms with E-state index >= 15 is 0 Å². The van der Waals surface area contributed by atoms with E-state index in [-0.39, 0.29) is 11.9 Å². The lowest BCUT2D eigenvalue weighted by molar-refractivity contribution is -0.117. The van der Waals surface area contributed by atoms with E-state index in [0.717, 1.165) is 36.5 Å². The molecule has 1 unspecified atom stereocenters. The Morgan fingerprint density at radius 1 is 1.52 bits per heavy atom. The van der Waals surface area contributed by atoms with Crippen molar-refractivity contribution < 1.29 is 4.79 Å². The number of carbonyl (C=O) groups excluding carboxylic acids is 1. The summed E-state index contributed by atoms with van der Waals surface area (Å²) >= 11 is 6.01. The molecular formula is C15H17ClN4O. The zero-order chi connectivity index (χ0) is 14.8. The van der Waals surface area contributed by atoms with Crippen LogP contribution < -0.4 is 10.6 Å². The quantitative estimate of drug-likeness (QED) is 0.916. The fraction of sp³-hybridized carbons (Fsp3) is 0.333. The predicted molar refractivity (Wildman–Crippen MR) is 83.0 cm³/mol. The summed E-state index contributed by atoms with van der Waals surface area (Å²) in [7, 11) is 0. The Labute approximate surface area is 128 Å². The van der Waals surface area contributed by atoms with Gasteiger partial charge in [-0.25, -0.2) is 4.68 Å². The number of hydrogen-bond donors (Lipinski definition) is 2. The largest absolute Gasteiger partial charge is 0.322 e. The molecule has 0 radical (unpaired) electrons. The SMILES string of the molecule is Cc1c(NC(=O)C2CCCN2)cnn1-c1cccc(Cl)c1. The molecule has 1 aromatic heterocycles. The van der Waals surface area contributed by atoms with Crippen molar-refractivity contribution in [2.24, 2.45) is 0 Å². The highest BCUT2D eigenvalue weighted by molar-refractivity contribution is 6.30. The summed E-state index contributed by atoms with van der Waals surface area (Å²) in [5.41, 5.74) is 2.48. The Morgan fingerprint density at radius 3 is 3.10 bits per heavy atom. The van der Waals surface area contributed by atoms with Crippen LogP contribution in [-0.2, 0) is 4.79 Å². The van der Waals surface area contributed by atoms with Crippen LogP contribution in [0.1, 0.15) is 18.5 Å². The van der Waals surface area contributed by atoms with Gasteiger partial charge in [-0.05, 0) is 44.5 Å². The van der Waals surface area contributed by atoms with Crippen molar-refractivity contribution in [3.8, 4) is 5.69 Å². The van der Waals surface area contributed by atoms with Crippen LogP contribution in [0.4, 0.5) is 5.69 Å². The number of aromatic nitrogens is 2. The van der Waals surface area contributed by atoms with Gasteiger partial charge in [0, 0.05) is 5.02 Å². The second-order valence-corrected chi connectivity index (χ2v) is 5.61. The monoisotopic (exact) mass is 304 g/mol. The van der Waals surface area contributed by atoms with Crippen LogP contribution in [0.25, 0.3) is 5.69 Å².